The molecule has 0 radical (unpaired) electrons. The van der Waals surface area contributed by atoms with E-state index in [0.29, 0.717) is 5.02 Å². The highest BCUT2D eigenvalue weighted by molar-refractivity contribution is 6.30. The molecule has 0 bridgehead atoms. The molecule has 0 unspecified atom stereocenters. The lowest BCUT2D eigenvalue weighted by Crippen LogP contribution is -2.07. The molecule has 0 aliphatic rings. The number of benzene rings is 1. The second-order valence-electron chi connectivity index (χ2n) is 2.80. The van der Waals surface area contributed by atoms with Gasteiger partial charge in [0.05, 0.1) is 6.34 Å². The zero-order valence-electron chi connectivity index (χ0n) is 7.46. The van der Waals surface area contributed by atoms with E-state index < -0.39 is 5.82 Å². The summed E-state index contributed by atoms with van der Waals surface area (Å²) >= 11 is 5.58. The summed E-state index contributed by atoms with van der Waals surface area (Å²) in [6, 6.07) is 4.38. The molecular weight excluding hydrogens is 191 g/mol. The van der Waals surface area contributed by atoms with E-state index in [1.54, 1.807) is 11.0 Å². The van der Waals surface area contributed by atoms with E-state index in [0.717, 1.165) is 0 Å². The van der Waals surface area contributed by atoms with Crippen molar-refractivity contribution in [2.75, 3.05) is 14.1 Å². The summed E-state index contributed by atoms with van der Waals surface area (Å²) in [5, 5.41) is 0.376. The predicted molar refractivity (Wildman–Crippen MR) is 53.2 cm³/mol. The molecule has 2 nitrogen and oxygen atoms in total. The molecule has 1 rings (SSSR count). The summed E-state index contributed by atoms with van der Waals surface area (Å²) in [4.78, 5) is 5.64. The fourth-order valence-corrected chi connectivity index (χ4v) is 0.922. The standard InChI is InChI=1S/C9H10ClFN2/c1-13(2)6-12-9-4-3-7(10)5-8(9)11/h3-6H,1-2H3. The first-order valence-corrected chi connectivity index (χ1v) is 4.13. The van der Waals surface area contributed by atoms with Crippen molar-refractivity contribution in [2.45, 2.75) is 0 Å². The monoisotopic (exact) mass is 200 g/mol. The van der Waals surface area contributed by atoms with Gasteiger partial charge >= 0.3 is 0 Å². The van der Waals surface area contributed by atoms with Gasteiger partial charge in [-0.25, -0.2) is 9.38 Å². The zero-order valence-corrected chi connectivity index (χ0v) is 8.22. The SMILES string of the molecule is CN(C)C=Nc1ccc(Cl)cc1F. The normalized spacial score (nSPS) is 10.8. The zero-order chi connectivity index (χ0) is 9.84. The quantitative estimate of drug-likeness (QED) is 0.530. The predicted octanol–water partition coefficient (Wildman–Crippen LogP) is 2.70. The van der Waals surface area contributed by atoms with Crippen LogP contribution in [-0.2, 0) is 0 Å². The van der Waals surface area contributed by atoms with Crippen molar-refractivity contribution in [1.29, 1.82) is 0 Å². The van der Waals surface area contributed by atoms with Crippen molar-refractivity contribution in [3.63, 3.8) is 0 Å². The number of halogens is 2. The van der Waals surface area contributed by atoms with Gasteiger partial charge in [-0.3, -0.25) is 0 Å². The molecule has 0 atom stereocenters. The van der Waals surface area contributed by atoms with Crippen molar-refractivity contribution < 1.29 is 4.39 Å². The summed E-state index contributed by atoms with van der Waals surface area (Å²) in [6.07, 6.45) is 1.53. The smallest absolute Gasteiger partial charge is 0.150 e. The van der Waals surface area contributed by atoms with E-state index in [2.05, 4.69) is 4.99 Å². The summed E-state index contributed by atoms with van der Waals surface area (Å²) in [7, 11) is 3.63. The van der Waals surface area contributed by atoms with Crippen molar-refractivity contribution in [1.82, 2.24) is 4.90 Å². The highest BCUT2D eigenvalue weighted by atomic mass is 35.5. The Morgan fingerprint density at radius 2 is 2.15 bits per heavy atom. The fourth-order valence-electron chi connectivity index (χ4n) is 0.764. The molecule has 1 aromatic rings. The molecule has 0 saturated heterocycles. The van der Waals surface area contributed by atoms with Crippen LogP contribution in [-0.4, -0.2) is 25.3 Å². The van der Waals surface area contributed by atoms with E-state index in [4.69, 9.17) is 11.6 Å². The number of hydrogen-bond acceptors (Lipinski definition) is 1. The minimum absolute atomic E-state index is 0.290. The first-order chi connectivity index (χ1) is 6.09. The Morgan fingerprint density at radius 3 is 2.69 bits per heavy atom. The van der Waals surface area contributed by atoms with E-state index >= 15 is 0 Å². The van der Waals surface area contributed by atoms with Crippen LogP contribution in [0.3, 0.4) is 0 Å². The molecule has 1 aromatic carbocycles. The third-order valence-corrected chi connectivity index (χ3v) is 1.57. The average Bonchev–Trinajstić information content (AvgIpc) is 2.02. The largest absolute Gasteiger partial charge is 0.369 e. The minimum Gasteiger partial charge on any atom is -0.369 e. The molecule has 70 valence electrons. The summed E-state index contributed by atoms with van der Waals surface area (Å²) in [5.74, 6) is -0.411. The molecule has 0 N–H and O–H groups in total. The van der Waals surface area contributed by atoms with E-state index in [9.17, 15) is 4.39 Å². The van der Waals surface area contributed by atoms with Crippen LogP contribution in [0.4, 0.5) is 10.1 Å². The lowest BCUT2D eigenvalue weighted by atomic mass is 10.3. The Labute approximate surface area is 81.7 Å². The lowest BCUT2D eigenvalue weighted by Gasteiger charge is -2.02. The van der Waals surface area contributed by atoms with Crippen LogP contribution in [0, 0.1) is 5.82 Å². The Kier molecular flexibility index (Phi) is 3.25. The van der Waals surface area contributed by atoms with Gasteiger partial charge in [0.15, 0.2) is 0 Å². The molecule has 0 aromatic heterocycles. The van der Waals surface area contributed by atoms with Crippen molar-refractivity contribution >= 4 is 23.6 Å². The highest BCUT2D eigenvalue weighted by Gasteiger charge is 1.99. The number of nitrogens with zero attached hydrogens (tertiary/aromatic N) is 2. The second kappa shape index (κ2) is 4.23. The maximum absolute atomic E-state index is 13.1. The third-order valence-electron chi connectivity index (χ3n) is 1.34. The molecule has 0 heterocycles. The molecular formula is C9H10ClFN2. The van der Waals surface area contributed by atoms with Gasteiger partial charge in [-0.05, 0) is 18.2 Å². The minimum atomic E-state index is -0.411. The van der Waals surface area contributed by atoms with Crippen molar-refractivity contribution in [2.24, 2.45) is 4.99 Å². The first kappa shape index (κ1) is 9.99. The van der Waals surface area contributed by atoms with Gasteiger partial charge in [0.2, 0.25) is 0 Å². The maximum Gasteiger partial charge on any atom is 0.150 e. The maximum atomic E-state index is 13.1. The van der Waals surface area contributed by atoms with E-state index in [-0.39, 0.29) is 5.69 Å². The van der Waals surface area contributed by atoms with Gasteiger partial charge < -0.3 is 4.90 Å². The molecule has 0 amide bonds. The average molecular weight is 201 g/mol. The molecule has 0 aliphatic carbocycles. The van der Waals surface area contributed by atoms with E-state index in [1.165, 1.54) is 18.5 Å². The van der Waals surface area contributed by atoms with Crippen LogP contribution in [0.2, 0.25) is 5.02 Å². The van der Waals surface area contributed by atoms with Gasteiger partial charge in [0.25, 0.3) is 0 Å². The Hall–Kier alpha value is -1.09. The molecule has 0 aliphatic heterocycles. The number of aliphatic imine (C=N–C) groups is 1. The Bertz CT molecular complexity index is 323. The molecule has 0 fully saturated rings. The topological polar surface area (TPSA) is 15.6 Å². The summed E-state index contributed by atoms with van der Waals surface area (Å²) in [6.45, 7) is 0. The first-order valence-electron chi connectivity index (χ1n) is 3.75. The molecule has 4 heteroatoms. The highest BCUT2D eigenvalue weighted by Crippen LogP contribution is 2.20. The van der Waals surface area contributed by atoms with Crippen LogP contribution in [0.1, 0.15) is 0 Å². The number of hydrogen-bond donors (Lipinski definition) is 0. The Balaban J connectivity index is 2.90. The van der Waals surface area contributed by atoms with Gasteiger partial charge in [0.1, 0.15) is 11.5 Å². The fraction of sp³-hybridized carbons (Fsp3) is 0.222. The van der Waals surface area contributed by atoms with Gasteiger partial charge in [-0.15, -0.1) is 0 Å². The second-order valence-corrected chi connectivity index (χ2v) is 3.24. The van der Waals surface area contributed by atoms with E-state index in [1.807, 2.05) is 14.1 Å². The van der Waals surface area contributed by atoms with Crippen LogP contribution < -0.4 is 0 Å². The van der Waals surface area contributed by atoms with Gasteiger partial charge in [-0.1, -0.05) is 11.6 Å². The summed E-state index contributed by atoms with van der Waals surface area (Å²) in [5.41, 5.74) is 0.290. The van der Waals surface area contributed by atoms with Crippen LogP contribution in [0.25, 0.3) is 0 Å². The van der Waals surface area contributed by atoms with Crippen molar-refractivity contribution in [3.05, 3.63) is 29.0 Å². The summed E-state index contributed by atoms with van der Waals surface area (Å²) < 4.78 is 13.1. The van der Waals surface area contributed by atoms with Crippen LogP contribution >= 0.6 is 11.6 Å². The third kappa shape index (κ3) is 3.03. The van der Waals surface area contributed by atoms with Crippen LogP contribution in [0.15, 0.2) is 23.2 Å². The number of rotatable bonds is 2. The molecule has 0 saturated carbocycles. The van der Waals surface area contributed by atoms with Gasteiger partial charge in [-0.2, -0.15) is 0 Å². The van der Waals surface area contributed by atoms with Crippen molar-refractivity contribution in [3.8, 4) is 0 Å². The van der Waals surface area contributed by atoms with Crippen LogP contribution in [0.5, 0.6) is 0 Å². The van der Waals surface area contributed by atoms with Gasteiger partial charge in [0, 0.05) is 19.1 Å². The lowest BCUT2D eigenvalue weighted by molar-refractivity contribution is 0.624. The Morgan fingerprint density at radius 1 is 1.46 bits per heavy atom. The molecule has 13 heavy (non-hydrogen) atoms. The molecule has 0 spiro atoms.